The number of hydrogen-bond donors (Lipinski definition) is 1. The second kappa shape index (κ2) is 5.21. The molecule has 0 saturated heterocycles. The highest BCUT2D eigenvalue weighted by atomic mass is 35.5. The van der Waals surface area contributed by atoms with E-state index in [2.05, 4.69) is 4.72 Å². The van der Waals surface area contributed by atoms with Crippen molar-refractivity contribution in [2.24, 2.45) is 0 Å². The minimum atomic E-state index is -3.42. The van der Waals surface area contributed by atoms with Crippen LogP contribution in [0.5, 0.6) is 0 Å². The van der Waals surface area contributed by atoms with Crippen LogP contribution in [0.25, 0.3) is 0 Å². The zero-order chi connectivity index (χ0) is 12.3. The third-order valence-electron chi connectivity index (χ3n) is 1.73. The van der Waals surface area contributed by atoms with E-state index in [1.54, 1.807) is 6.92 Å². The average molecular weight is 286 g/mol. The second-order valence-corrected chi connectivity index (χ2v) is 5.83. The van der Waals surface area contributed by atoms with Crippen LogP contribution in [0.15, 0.2) is 12.1 Å². The largest absolute Gasteiger partial charge is 0.283 e. The fourth-order valence-corrected chi connectivity index (χ4v) is 2.72. The number of rotatable bonds is 4. The molecule has 0 aliphatic rings. The highest BCUT2D eigenvalue weighted by molar-refractivity contribution is 7.92. The normalized spacial score (nSPS) is 11.5. The summed E-state index contributed by atoms with van der Waals surface area (Å²) in [4.78, 5) is 0. The summed E-state index contributed by atoms with van der Waals surface area (Å²) in [5.74, 6) is -0.777. The monoisotopic (exact) mass is 285 g/mol. The van der Waals surface area contributed by atoms with Crippen molar-refractivity contribution in [3.8, 4) is 0 Å². The van der Waals surface area contributed by atoms with E-state index in [9.17, 15) is 12.8 Å². The zero-order valence-corrected chi connectivity index (χ0v) is 10.8. The Labute approximate surface area is 104 Å². The molecule has 90 valence electrons. The molecule has 0 fully saturated rings. The molecule has 0 atom stereocenters. The third-order valence-corrected chi connectivity index (χ3v) is 3.77. The molecule has 0 unspecified atom stereocenters. The Morgan fingerprint density at radius 1 is 1.31 bits per heavy atom. The first-order chi connectivity index (χ1) is 7.35. The average Bonchev–Trinajstić information content (AvgIpc) is 2.13. The van der Waals surface area contributed by atoms with Crippen molar-refractivity contribution < 1.29 is 12.8 Å². The third kappa shape index (κ3) is 3.50. The lowest BCUT2D eigenvalue weighted by Gasteiger charge is -2.08. The van der Waals surface area contributed by atoms with Crippen LogP contribution < -0.4 is 4.72 Å². The van der Waals surface area contributed by atoms with Crippen LogP contribution in [-0.4, -0.2) is 14.2 Å². The van der Waals surface area contributed by atoms with E-state index in [4.69, 9.17) is 23.2 Å². The summed E-state index contributed by atoms with van der Waals surface area (Å²) in [5, 5.41) is -0.441. The highest BCUT2D eigenvalue weighted by Gasteiger charge is 2.12. The molecule has 0 heterocycles. The molecule has 0 radical (unpaired) electrons. The quantitative estimate of drug-likeness (QED) is 0.863. The molecule has 0 aliphatic heterocycles. The van der Waals surface area contributed by atoms with Gasteiger partial charge in [0.2, 0.25) is 10.0 Å². The van der Waals surface area contributed by atoms with Crippen molar-refractivity contribution in [1.29, 1.82) is 0 Å². The van der Waals surface area contributed by atoms with E-state index in [0.29, 0.717) is 6.42 Å². The highest BCUT2D eigenvalue weighted by Crippen LogP contribution is 2.27. The van der Waals surface area contributed by atoms with E-state index in [-0.39, 0.29) is 21.5 Å². The number of sulfonamides is 1. The lowest BCUT2D eigenvalue weighted by Crippen LogP contribution is -2.16. The van der Waals surface area contributed by atoms with Crippen molar-refractivity contribution in [2.75, 3.05) is 10.5 Å². The smallest absolute Gasteiger partial charge is 0.232 e. The van der Waals surface area contributed by atoms with Crippen molar-refractivity contribution in [3.63, 3.8) is 0 Å². The molecular weight excluding hydrogens is 276 g/mol. The fourth-order valence-electron chi connectivity index (χ4n) is 1.11. The van der Waals surface area contributed by atoms with Gasteiger partial charge in [0.25, 0.3) is 0 Å². The number of halogens is 3. The molecule has 0 aliphatic carbocycles. The summed E-state index contributed by atoms with van der Waals surface area (Å²) in [6.45, 7) is 1.74. The minimum absolute atomic E-state index is 0.0143. The van der Waals surface area contributed by atoms with Crippen molar-refractivity contribution in [3.05, 3.63) is 28.0 Å². The van der Waals surface area contributed by atoms with Crippen LogP contribution in [0.2, 0.25) is 10.0 Å². The van der Waals surface area contributed by atoms with Crippen LogP contribution >= 0.6 is 23.2 Å². The molecule has 7 heteroatoms. The zero-order valence-electron chi connectivity index (χ0n) is 8.43. The number of benzene rings is 1. The standard InChI is InChI=1S/C9H10Cl2FNO2S/c1-2-3-16(14,15)13-6-4-7(10)9(12)8(11)5-6/h4-5,13H,2-3H2,1H3. The minimum Gasteiger partial charge on any atom is -0.283 e. The number of anilines is 1. The molecule has 1 rings (SSSR count). The van der Waals surface area contributed by atoms with Gasteiger partial charge in [-0.15, -0.1) is 0 Å². The van der Waals surface area contributed by atoms with E-state index >= 15 is 0 Å². The van der Waals surface area contributed by atoms with Crippen LogP contribution in [-0.2, 0) is 10.0 Å². The molecule has 0 spiro atoms. The molecule has 1 aromatic rings. The molecule has 3 nitrogen and oxygen atoms in total. The van der Waals surface area contributed by atoms with Gasteiger partial charge in [0.15, 0.2) is 5.82 Å². The number of nitrogens with one attached hydrogen (secondary N) is 1. The summed E-state index contributed by atoms with van der Waals surface area (Å²) in [7, 11) is -3.42. The molecule has 0 aromatic heterocycles. The van der Waals surface area contributed by atoms with Gasteiger partial charge in [-0.2, -0.15) is 0 Å². The Kier molecular flexibility index (Phi) is 4.41. The Morgan fingerprint density at radius 2 is 1.81 bits per heavy atom. The van der Waals surface area contributed by atoms with Gasteiger partial charge >= 0.3 is 0 Å². The van der Waals surface area contributed by atoms with Gasteiger partial charge in [-0.1, -0.05) is 30.1 Å². The van der Waals surface area contributed by atoms with Gasteiger partial charge in [-0.05, 0) is 18.6 Å². The van der Waals surface area contributed by atoms with Crippen molar-refractivity contribution in [2.45, 2.75) is 13.3 Å². The molecule has 16 heavy (non-hydrogen) atoms. The molecule has 1 aromatic carbocycles. The predicted molar refractivity (Wildman–Crippen MR) is 64.1 cm³/mol. The first-order valence-electron chi connectivity index (χ1n) is 4.50. The van der Waals surface area contributed by atoms with Gasteiger partial charge in [-0.3, -0.25) is 4.72 Å². The van der Waals surface area contributed by atoms with Gasteiger partial charge in [0.1, 0.15) is 0 Å². The lowest BCUT2D eigenvalue weighted by molar-refractivity contribution is 0.599. The SMILES string of the molecule is CCCS(=O)(=O)Nc1cc(Cl)c(F)c(Cl)c1. The fraction of sp³-hybridized carbons (Fsp3) is 0.333. The summed E-state index contributed by atoms with van der Waals surface area (Å²) < 4.78 is 38.1. The van der Waals surface area contributed by atoms with E-state index in [1.807, 2.05) is 0 Å². The first kappa shape index (κ1) is 13.5. The molecule has 1 N–H and O–H groups in total. The first-order valence-corrected chi connectivity index (χ1v) is 6.91. The van der Waals surface area contributed by atoms with E-state index < -0.39 is 15.8 Å². The van der Waals surface area contributed by atoms with Gasteiger partial charge in [0, 0.05) is 0 Å². The van der Waals surface area contributed by atoms with Crippen LogP contribution in [0.3, 0.4) is 0 Å². The summed E-state index contributed by atoms with van der Waals surface area (Å²) in [6, 6.07) is 2.35. The molecule has 0 saturated carbocycles. The second-order valence-electron chi connectivity index (χ2n) is 3.17. The summed E-state index contributed by atoms with van der Waals surface area (Å²) in [5.41, 5.74) is 0.157. The van der Waals surface area contributed by atoms with E-state index in [1.165, 1.54) is 12.1 Å². The lowest BCUT2D eigenvalue weighted by atomic mass is 10.3. The maximum Gasteiger partial charge on any atom is 0.232 e. The number of hydrogen-bond acceptors (Lipinski definition) is 2. The van der Waals surface area contributed by atoms with Crippen LogP contribution in [0.4, 0.5) is 10.1 Å². The maximum atomic E-state index is 13.1. The van der Waals surface area contributed by atoms with Crippen LogP contribution in [0, 0.1) is 5.82 Å². The Bertz CT molecular complexity index is 467. The maximum absolute atomic E-state index is 13.1. The summed E-state index contributed by atoms with van der Waals surface area (Å²) in [6.07, 6.45) is 0.484. The summed E-state index contributed by atoms with van der Waals surface area (Å²) >= 11 is 11.1. The van der Waals surface area contributed by atoms with Gasteiger partial charge in [-0.25, -0.2) is 12.8 Å². The topological polar surface area (TPSA) is 46.2 Å². The van der Waals surface area contributed by atoms with Gasteiger partial charge in [0.05, 0.1) is 21.5 Å². The predicted octanol–water partition coefficient (Wildman–Crippen LogP) is 3.28. The Balaban J connectivity index is 2.99. The van der Waals surface area contributed by atoms with Crippen molar-refractivity contribution in [1.82, 2.24) is 0 Å². The molecular formula is C9H10Cl2FNO2S. The molecule has 0 bridgehead atoms. The Hall–Kier alpha value is -0.520. The van der Waals surface area contributed by atoms with Gasteiger partial charge < -0.3 is 0 Å². The van der Waals surface area contributed by atoms with Crippen molar-refractivity contribution >= 4 is 38.9 Å². The van der Waals surface area contributed by atoms with Crippen LogP contribution in [0.1, 0.15) is 13.3 Å². The molecule has 0 amide bonds. The Morgan fingerprint density at radius 3 is 2.25 bits per heavy atom. The van der Waals surface area contributed by atoms with E-state index in [0.717, 1.165) is 0 Å².